The van der Waals surface area contributed by atoms with Gasteiger partial charge in [-0.1, -0.05) is 55.4 Å². The van der Waals surface area contributed by atoms with Crippen LogP contribution in [0.25, 0.3) is 0 Å². The molecular weight excluding hydrogens is 463 g/mol. The molecule has 0 aromatic rings. The van der Waals surface area contributed by atoms with Crippen LogP contribution in [0.1, 0.15) is 78.1 Å². The first-order valence-electron chi connectivity index (χ1n) is 11.6. The van der Waals surface area contributed by atoms with Crippen molar-refractivity contribution in [2.24, 2.45) is 35.5 Å². The number of halogens is 1. The molecule has 1 aliphatic heterocycles. The highest BCUT2D eigenvalue weighted by molar-refractivity contribution is 14.1. The molecule has 1 saturated heterocycles. The highest BCUT2D eigenvalue weighted by Crippen LogP contribution is 2.56. The lowest BCUT2D eigenvalue weighted by Gasteiger charge is -2.38. The Morgan fingerprint density at radius 1 is 1.04 bits per heavy atom. The van der Waals surface area contributed by atoms with E-state index in [1.165, 1.54) is 32.1 Å². The van der Waals surface area contributed by atoms with Crippen LogP contribution in [0, 0.1) is 35.5 Å². The van der Waals surface area contributed by atoms with E-state index in [-0.39, 0.29) is 23.9 Å². The number of ketones is 1. The van der Waals surface area contributed by atoms with Gasteiger partial charge < -0.3 is 4.74 Å². The molecule has 0 bridgehead atoms. The minimum Gasteiger partial charge on any atom is -0.462 e. The molecule has 3 fully saturated rings. The average Bonchev–Trinajstić information content (AvgIpc) is 3.29. The topological polar surface area (TPSA) is 43.4 Å². The molecule has 3 nitrogen and oxygen atoms in total. The van der Waals surface area contributed by atoms with Crippen LogP contribution in [0.4, 0.5) is 0 Å². The molecule has 0 amide bonds. The van der Waals surface area contributed by atoms with Crippen molar-refractivity contribution >= 4 is 34.3 Å². The summed E-state index contributed by atoms with van der Waals surface area (Å²) in [7, 11) is 0. The van der Waals surface area contributed by atoms with Crippen molar-refractivity contribution in [2.45, 2.75) is 88.1 Å². The van der Waals surface area contributed by atoms with Gasteiger partial charge in [0.05, 0.1) is 6.42 Å². The summed E-state index contributed by atoms with van der Waals surface area (Å²) < 4.78 is 6.23. The second-order valence-corrected chi connectivity index (χ2v) is 11.3. The molecule has 0 aromatic heterocycles. The lowest BCUT2D eigenvalue weighted by atomic mass is 9.66. The number of alkyl halides is 1. The van der Waals surface area contributed by atoms with Gasteiger partial charge in [0.1, 0.15) is 6.10 Å². The summed E-state index contributed by atoms with van der Waals surface area (Å²) >= 11 is 2.48. The zero-order chi connectivity index (χ0) is 19.8. The fourth-order valence-electron chi connectivity index (χ4n) is 6.63. The van der Waals surface area contributed by atoms with E-state index in [2.05, 4.69) is 42.5 Å². The van der Waals surface area contributed by atoms with Crippen LogP contribution in [0.15, 0.2) is 11.6 Å². The van der Waals surface area contributed by atoms with Crippen molar-refractivity contribution in [3.8, 4) is 0 Å². The molecule has 1 heterocycles. The van der Waals surface area contributed by atoms with Gasteiger partial charge in [0, 0.05) is 15.8 Å². The van der Waals surface area contributed by atoms with Gasteiger partial charge in [0.15, 0.2) is 5.78 Å². The first-order valence-corrected chi connectivity index (χ1v) is 12.8. The van der Waals surface area contributed by atoms with E-state index in [9.17, 15) is 9.59 Å². The highest BCUT2D eigenvalue weighted by atomic mass is 127. The van der Waals surface area contributed by atoms with E-state index in [1.807, 2.05) is 0 Å². The van der Waals surface area contributed by atoms with Crippen LogP contribution < -0.4 is 0 Å². The van der Waals surface area contributed by atoms with Crippen molar-refractivity contribution in [1.82, 2.24) is 0 Å². The highest BCUT2D eigenvalue weighted by Gasteiger charge is 2.50. The number of Topliss-reactive ketones (excluding diaryl/α,β-unsaturated/α-hetero) is 1. The van der Waals surface area contributed by atoms with Crippen LogP contribution in [-0.4, -0.2) is 21.8 Å². The summed E-state index contributed by atoms with van der Waals surface area (Å²) in [5.74, 6) is 2.96. The fraction of sp³-hybridized carbons (Fsp3) is 0.833. The number of allylic oxidation sites excluding steroid dienone is 2. The molecule has 3 unspecified atom stereocenters. The van der Waals surface area contributed by atoms with Crippen molar-refractivity contribution in [3.05, 3.63) is 11.6 Å². The molecule has 0 spiro atoms. The maximum Gasteiger partial charge on any atom is 0.306 e. The van der Waals surface area contributed by atoms with E-state index >= 15 is 0 Å². The maximum atomic E-state index is 13.5. The number of fused-ring (bicyclic) bond motifs is 5. The fourth-order valence-corrected chi connectivity index (χ4v) is 7.40. The van der Waals surface area contributed by atoms with Crippen molar-refractivity contribution in [1.29, 1.82) is 0 Å². The Morgan fingerprint density at radius 2 is 1.82 bits per heavy atom. The molecule has 28 heavy (non-hydrogen) atoms. The summed E-state index contributed by atoms with van der Waals surface area (Å²) in [5.41, 5.74) is 0.988. The number of ether oxygens (including phenoxy) is 1. The summed E-state index contributed by atoms with van der Waals surface area (Å²) in [6.07, 6.45) is 13.1. The minimum absolute atomic E-state index is 0.0386. The lowest BCUT2D eigenvalue weighted by molar-refractivity contribution is -0.151. The number of carbonyl (C=O) groups is 2. The Morgan fingerprint density at radius 3 is 2.61 bits per heavy atom. The number of cyclic esters (lactones) is 1. The van der Waals surface area contributed by atoms with E-state index in [0.29, 0.717) is 28.0 Å². The van der Waals surface area contributed by atoms with Crippen LogP contribution in [-0.2, 0) is 14.3 Å². The third-order valence-electron chi connectivity index (χ3n) is 8.25. The van der Waals surface area contributed by atoms with Crippen molar-refractivity contribution in [2.75, 3.05) is 0 Å². The summed E-state index contributed by atoms with van der Waals surface area (Å²) in [5, 5.41) is 0. The second kappa shape index (κ2) is 8.77. The monoisotopic (exact) mass is 498 g/mol. The Labute approximate surface area is 183 Å². The summed E-state index contributed by atoms with van der Waals surface area (Å²) in [6.45, 7) is 4.22. The largest absolute Gasteiger partial charge is 0.462 e. The zero-order valence-electron chi connectivity index (χ0n) is 17.4. The minimum atomic E-state index is -0.0796. The van der Waals surface area contributed by atoms with Gasteiger partial charge in [0.25, 0.3) is 0 Å². The van der Waals surface area contributed by atoms with Gasteiger partial charge in [-0.15, -0.1) is 0 Å². The third kappa shape index (κ3) is 3.96. The predicted octanol–water partition coefficient (Wildman–Crippen LogP) is 5.89. The average molecular weight is 498 g/mol. The number of rotatable bonds is 1. The van der Waals surface area contributed by atoms with Crippen molar-refractivity contribution < 1.29 is 14.3 Å². The SMILES string of the molecule is CC[C@H]1CCCC(I)[C@@H](C)C(=O)C2=CC3[C@@H]4CCCC4CC[C@H]3[C@@H]2CC(=O)O1. The number of carbonyl (C=O) groups excluding carboxylic acids is 2. The van der Waals surface area contributed by atoms with Crippen LogP contribution in [0.3, 0.4) is 0 Å². The second-order valence-electron chi connectivity index (χ2n) is 9.73. The number of hydrogen-bond donors (Lipinski definition) is 0. The molecule has 0 aromatic carbocycles. The molecule has 8 atom stereocenters. The van der Waals surface area contributed by atoms with Gasteiger partial charge in [-0.25, -0.2) is 0 Å². The molecule has 156 valence electrons. The molecule has 4 rings (SSSR count). The van der Waals surface area contributed by atoms with Crippen LogP contribution >= 0.6 is 22.6 Å². The van der Waals surface area contributed by atoms with Gasteiger partial charge in [0.2, 0.25) is 0 Å². The number of esters is 1. The smallest absolute Gasteiger partial charge is 0.306 e. The van der Waals surface area contributed by atoms with E-state index in [4.69, 9.17) is 4.74 Å². The standard InChI is InChI=1S/C24H35IO3/c1-3-16-7-5-9-22(25)14(2)24(27)21-12-19-17-8-4-6-15(17)10-11-18(19)20(21)13-23(26)28-16/h12,14-20,22H,3-11,13H2,1-2H3/t14-,15?,16+,17-,18-,19?,20+,22?/m1/s1. The lowest BCUT2D eigenvalue weighted by Crippen LogP contribution is -2.34. The Hall–Kier alpha value is -0.390. The Balaban J connectivity index is 1.63. The zero-order valence-corrected chi connectivity index (χ0v) is 19.5. The van der Waals surface area contributed by atoms with E-state index in [0.717, 1.165) is 43.1 Å². The summed E-state index contributed by atoms with van der Waals surface area (Å²) in [4.78, 5) is 26.3. The molecule has 2 saturated carbocycles. The Bertz CT molecular complexity index is 642. The third-order valence-corrected chi connectivity index (χ3v) is 9.95. The molecule has 3 aliphatic carbocycles. The quantitative estimate of drug-likeness (QED) is 0.257. The van der Waals surface area contributed by atoms with E-state index < -0.39 is 0 Å². The molecule has 0 N–H and O–H groups in total. The maximum absolute atomic E-state index is 13.5. The molecular formula is C24H35IO3. The van der Waals surface area contributed by atoms with Crippen molar-refractivity contribution in [3.63, 3.8) is 0 Å². The first kappa shape index (κ1) is 20.9. The van der Waals surface area contributed by atoms with Gasteiger partial charge >= 0.3 is 5.97 Å². The molecule has 0 radical (unpaired) electrons. The molecule has 4 heteroatoms. The van der Waals surface area contributed by atoms with Gasteiger partial charge in [-0.3, -0.25) is 9.59 Å². The van der Waals surface area contributed by atoms with E-state index in [1.54, 1.807) is 0 Å². The van der Waals surface area contributed by atoms with Gasteiger partial charge in [-0.2, -0.15) is 0 Å². The number of hydrogen-bond acceptors (Lipinski definition) is 3. The predicted molar refractivity (Wildman–Crippen MR) is 119 cm³/mol. The normalized spacial score (nSPS) is 44.5. The van der Waals surface area contributed by atoms with Crippen LogP contribution in [0.5, 0.6) is 0 Å². The van der Waals surface area contributed by atoms with Crippen LogP contribution in [0.2, 0.25) is 0 Å². The van der Waals surface area contributed by atoms with Gasteiger partial charge in [-0.05, 0) is 74.2 Å². The summed E-state index contributed by atoms with van der Waals surface area (Å²) in [6, 6.07) is 0. The molecule has 4 aliphatic rings. The Kier molecular flexibility index (Phi) is 6.54. The first-order chi connectivity index (χ1) is 13.5.